The Labute approximate surface area is 126 Å². The second kappa shape index (κ2) is 7.04. The van der Waals surface area contributed by atoms with Crippen LogP contribution in [0.1, 0.15) is 19.3 Å². The highest BCUT2D eigenvalue weighted by molar-refractivity contribution is 9.10. The molecule has 1 aromatic carbocycles. The highest BCUT2D eigenvalue weighted by Crippen LogP contribution is 2.24. The molecule has 1 fully saturated rings. The summed E-state index contributed by atoms with van der Waals surface area (Å²) >= 11 is 3.16. The predicted molar refractivity (Wildman–Crippen MR) is 77.9 cm³/mol. The number of halogens is 2. The summed E-state index contributed by atoms with van der Waals surface area (Å²) in [7, 11) is 0. The third-order valence-electron chi connectivity index (χ3n) is 3.56. The van der Waals surface area contributed by atoms with Crippen LogP contribution in [0.4, 0.5) is 4.39 Å². The molecule has 1 saturated carbocycles. The molecule has 0 saturated heterocycles. The molecule has 2 unspecified atom stereocenters. The van der Waals surface area contributed by atoms with Crippen LogP contribution in [0.2, 0.25) is 0 Å². The van der Waals surface area contributed by atoms with Crippen molar-refractivity contribution in [2.75, 3.05) is 13.2 Å². The molecular weight excluding hydrogens is 327 g/mol. The second-order valence-corrected chi connectivity index (χ2v) is 5.88. The molecule has 20 heavy (non-hydrogen) atoms. The van der Waals surface area contributed by atoms with Gasteiger partial charge < -0.3 is 15.8 Å². The van der Waals surface area contributed by atoms with Gasteiger partial charge >= 0.3 is 0 Å². The van der Waals surface area contributed by atoms with Gasteiger partial charge in [0.05, 0.1) is 0 Å². The summed E-state index contributed by atoms with van der Waals surface area (Å²) in [6, 6.07) is 4.57. The third-order valence-corrected chi connectivity index (χ3v) is 4.05. The largest absolute Gasteiger partial charge is 0.481 e. The quantitative estimate of drug-likeness (QED) is 0.860. The molecule has 3 N–H and O–H groups in total. The normalized spacial score (nSPS) is 21.8. The number of amides is 1. The molecule has 110 valence electrons. The van der Waals surface area contributed by atoms with Gasteiger partial charge in [0, 0.05) is 10.5 Å². The lowest BCUT2D eigenvalue weighted by Gasteiger charge is -2.19. The van der Waals surface area contributed by atoms with Crippen molar-refractivity contribution in [1.29, 1.82) is 0 Å². The molecule has 4 nitrogen and oxygen atoms in total. The van der Waals surface area contributed by atoms with Crippen LogP contribution in [0, 0.1) is 11.7 Å². The summed E-state index contributed by atoms with van der Waals surface area (Å²) in [5.41, 5.74) is 5.66. The molecule has 0 radical (unpaired) electrons. The van der Waals surface area contributed by atoms with E-state index < -0.39 is 5.82 Å². The van der Waals surface area contributed by atoms with Crippen LogP contribution < -0.4 is 15.8 Å². The first-order valence-electron chi connectivity index (χ1n) is 6.67. The first-order chi connectivity index (χ1) is 9.60. The maximum Gasteiger partial charge on any atom is 0.258 e. The first kappa shape index (κ1) is 15.3. The number of nitrogens with two attached hydrogens (primary N) is 1. The van der Waals surface area contributed by atoms with E-state index >= 15 is 0 Å². The maximum atomic E-state index is 13.5. The van der Waals surface area contributed by atoms with E-state index in [1.807, 2.05) is 0 Å². The van der Waals surface area contributed by atoms with Crippen molar-refractivity contribution < 1.29 is 13.9 Å². The van der Waals surface area contributed by atoms with E-state index in [-0.39, 0.29) is 24.3 Å². The Kier molecular flexibility index (Phi) is 5.37. The summed E-state index contributed by atoms with van der Waals surface area (Å²) < 4.78 is 19.3. The topological polar surface area (TPSA) is 64.3 Å². The van der Waals surface area contributed by atoms with Crippen LogP contribution in [-0.4, -0.2) is 25.1 Å². The molecule has 1 aliphatic carbocycles. The average molecular weight is 345 g/mol. The molecule has 1 aromatic rings. The minimum Gasteiger partial charge on any atom is -0.481 e. The zero-order valence-electron chi connectivity index (χ0n) is 11.1. The van der Waals surface area contributed by atoms with Crippen molar-refractivity contribution in [3.8, 4) is 5.75 Å². The summed E-state index contributed by atoms with van der Waals surface area (Å²) in [5.74, 6) is -0.320. The van der Waals surface area contributed by atoms with Crippen molar-refractivity contribution in [2.24, 2.45) is 11.7 Å². The minimum atomic E-state index is -0.493. The molecule has 0 aliphatic heterocycles. The number of rotatable bonds is 5. The third kappa shape index (κ3) is 3.93. The van der Waals surface area contributed by atoms with Crippen LogP contribution in [-0.2, 0) is 4.79 Å². The molecule has 1 aliphatic rings. The van der Waals surface area contributed by atoms with Gasteiger partial charge in [-0.3, -0.25) is 4.79 Å². The number of benzene rings is 1. The lowest BCUT2D eigenvalue weighted by molar-refractivity contribution is -0.124. The van der Waals surface area contributed by atoms with Crippen molar-refractivity contribution >= 4 is 21.8 Å². The number of carbonyl (C=O) groups is 1. The van der Waals surface area contributed by atoms with Gasteiger partial charge in [0.15, 0.2) is 18.2 Å². The van der Waals surface area contributed by atoms with Crippen LogP contribution in [0.15, 0.2) is 22.7 Å². The van der Waals surface area contributed by atoms with E-state index in [2.05, 4.69) is 21.2 Å². The highest BCUT2D eigenvalue weighted by Gasteiger charge is 2.27. The van der Waals surface area contributed by atoms with Crippen LogP contribution in [0.5, 0.6) is 5.75 Å². The van der Waals surface area contributed by atoms with Gasteiger partial charge in [0.25, 0.3) is 5.91 Å². The summed E-state index contributed by atoms with van der Waals surface area (Å²) in [6.45, 7) is 0.388. The number of carbonyl (C=O) groups excluding carboxylic acids is 1. The molecule has 0 bridgehead atoms. The fraction of sp³-hybridized carbons (Fsp3) is 0.500. The lowest BCUT2D eigenvalue weighted by atomic mass is 10.0. The Morgan fingerprint density at radius 2 is 2.30 bits per heavy atom. The van der Waals surface area contributed by atoms with Gasteiger partial charge in [0.1, 0.15) is 0 Å². The Morgan fingerprint density at radius 1 is 1.50 bits per heavy atom. The average Bonchev–Trinajstić information content (AvgIpc) is 2.85. The first-order valence-corrected chi connectivity index (χ1v) is 7.46. The van der Waals surface area contributed by atoms with Crippen molar-refractivity contribution in [3.05, 3.63) is 28.5 Å². The van der Waals surface area contributed by atoms with E-state index in [4.69, 9.17) is 10.5 Å². The smallest absolute Gasteiger partial charge is 0.258 e. The van der Waals surface area contributed by atoms with Crippen LogP contribution in [0.25, 0.3) is 0 Å². The number of nitrogens with one attached hydrogen (secondary N) is 1. The van der Waals surface area contributed by atoms with Crippen LogP contribution in [0.3, 0.4) is 0 Å². The number of hydrogen-bond acceptors (Lipinski definition) is 3. The zero-order chi connectivity index (χ0) is 14.5. The van der Waals surface area contributed by atoms with Gasteiger partial charge in [-0.25, -0.2) is 4.39 Å². The van der Waals surface area contributed by atoms with E-state index in [1.54, 1.807) is 6.07 Å². The standard InChI is InChI=1S/C14H18BrFN2O2/c15-10-4-5-13(11(16)6-10)20-8-14(19)18-12-3-1-2-9(12)7-17/h4-6,9,12H,1-3,7-8,17H2,(H,18,19). The molecule has 2 rings (SSSR count). The fourth-order valence-corrected chi connectivity index (χ4v) is 2.83. The molecule has 0 aromatic heterocycles. The zero-order valence-corrected chi connectivity index (χ0v) is 12.7. The van der Waals surface area contributed by atoms with Gasteiger partial charge in [-0.05, 0) is 43.5 Å². The molecule has 2 atom stereocenters. The Balaban J connectivity index is 1.83. The summed E-state index contributed by atoms with van der Waals surface area (Å²) in [5, 5.41) is 2.91. The second-order valence-electron chi connectivity index (χ2n) is 4.96. The number of ether oxygens (including phenoxy) is 1. The van der Waals surface area contributed by atoms with E-state index in [0.29, 0.717) is 16.9 Å². The van der Waals surface area contributed by atoms with Gasteiger partial charge in [-0.2, -0.15) is 0 Å². The Hall–Kier alpha value is -1.14. The predicted octanol–water partition coefficient (Wildman–Crippen LogP) is 2.21. The Morgan fingerprint density at radius 3 is 3.00 bits per heavy atom. The molecular formula is C14H18BrFN2O2. The lowest BCUT2D eigenvalue weighted by Crippen LogP contribution is -2.42. The molecule has 1 amide bonds. The molecule has 0 heterocycles. The van der Waals surface area contributed by atoms with Crippen LogP contribution >= 0.6 is 15.9 Å². The molecule has 0 spiro atoms. The highest BCUT2D eigenvalue weighted by atomic mass is 79.9. The van der Waals surface area contributed by atoms with Crippen molar-refractivity contribution in [1.82, 2.24) is 5.32 Å². The van der Waals surface area contributed by atoms with Gasteiger partial charge in [0.2, 0.25) is 0 Å². The molecule has 6 heteroatoms. The number of hydrogen-bond donors (Lipinski definition) is 2. The minimum absolute atomic E-state index is 0.0742. The van der Waals surface area contributed by atoms with E-state index in [0.717, 1.165) is 19.3 Å². The Bertz CT molecular complexity index is 484. The SMILES string of the molecule is NCC1CCCC1NC(=O)COc1ccc(Br)cc1F. The fourth-order valence-electron chi connectivity index (χ4n) is 2.49. The summed E-state index contributed by atoms with van der Waals surface area (Å²) in [6.07, 6.45) is 3.07. The monoisotopic (exact) mass is 344 g/mol. The van der Waals surface area contributed by atoms with Crippen molar-refractivity contribution in [3.63, 3.8) is 0 Å². The van der Waals surface area contributed by atoms with Crippen molar-refractivity contribution in [2.45, 2.75) is 25.3 Å². The van der Waals surface area contributed by atoms with E-state index in [1.165, 1.54) is 12.1 Å². The van der Waals surface area contributed by atoms with E-state index in [9.17, 15) is 9.18 Å². The van der Waals surface area contributed by atoms with Gasteiger partial charge in [-0.1, -0.05) is 22.4 Å². The maximum absolute atomic E-state index is 13.5. The van der Waals surface area contributed by atoms with Gasteiger partial charge in [-0.15, -0.1) is 0 Å². The summed E-state index contributed by atoms with van der Waals surface area (Å²) in [4.78, 5) is 11.8.